The maximum atomic E-state index is 14.0. The predicted octanol–water partition coefficient (Wildman–Crippen LogP) is 3.08. The lowest BCUT2D eigenvalue weighted by molar-refractivity contribution is -0.137. The first-order chi connectivity index (χ1) is 17.0. The van der Waals surface area contributed by atoms with Crippen molar-refractivity contribution >= 4 is 21.5 Å². The summed E-state index contributed by atoms with van der Waals surface area (Å²) in [5, 5.41) is 11.2. The van der Waals surface area contributed by atoms with Crippen LogP contribution in [0.25, 0.3) is 11.3 Å². The number of alkyl halides is 3. The normalized spacial score (nSPS) is 25.8. The van der Waals surface area contributed by atoms with Crippen molar-refractivity contribution in [3.63, 3.8) is 0 Å². The van der Waals surface area contributed by atoms with E-state index in [1.807, 2.05) is 0 Å². The Labute approximate surface area is 211 Å². The van der Waals surface area contributed by atoms with Crippen LogP contribution in [0.15, 0.2) is 24.3 Å². The van der Waals surface area contributed by atoms with Crippen LogP contribution in [0.2, 0.25) is 0 Å². The molecule has 36 heavy (non-hydrogen) atoms. The number of aryl methyl sites for hydroxylation is 1. The Morgan fingerprint density at radius 2 is 1.69 bits per heavy atom. The molecule has 3 aliphatic rings. The third kappa shape index (κ3) is 5.01. The van der Waals surface area contributed by atoms with Crippen LogP contribution in [-0.2, 0) is 10.9 Å². The smallest absolute Gasteiger partial charge is 0.381 e. The van der Waals surface area contributed by atoms with Gasteiger partial charge in [-0.25, -0.2) is 4.39 Å². The maximum Gasteiger partial charge on any atom is 0.420 e. The monoisotopic (exact) mass is 502 g/mol. The first kappa shape index (κ1) is 25.5. The van der Waals surface area contributed by atoms with E-state index in [0.29, 0.717) is 28.9 Å². The minimum absolute atomic E-state index is 0.0675. The zero-order valence-electron chi connectivity index (χ0n) is 21.0. The Morgan fingerprint density at radius 3 is 2.31 bits per heavy atom. The topological polar surface area (TPSA) is 50.3 Å². The average Bonchev–Trinajstić information content (AvgIpc) is 3.39. The second kappa shape index (κ2) is 9.63. The minimum Gasteiger partial charge on any atom is -0.381 e. The molecule has 1 aliphatic carbocycles. The number of likely N-dealkylation sites (tertiary alicyclic amines) is 1. The van der Waals surface area contributed by atoms with Gasteiger partial charge in [-0.3, -0.25) is 0 Å². The van der Waals surface area contributed by atoms with Gasteiger partial charge in [0.05, 0.1) is 5.69 Å². The SMILES string of the molecule is BC(B)(C1CCOCC1)N1C[C@H]2C[C@H](Nc3nnc(-c4ccc(F)cc4C)cc3C(F)(F)F)C[C@H]2C1. The Bertz CT molecular complexity index is 1100. The molecule has 0 spiro atoms. The van der Waals surface area contributed by atoms with Crippen molar-refractivity contribution in [1.29, 1.82) is 0 Å². The van der Waals surface area contributed by atoms with Crippen LogP contribution in [0.1, 0.15) is 36.8 Å². The highest BCUT2D eigenvalue weighted by atomic mass is 19.4. The van der Waals surface area contributed by atoms with Crippen molar-refractivity contribution in [2.45, 2.75) is 50.2 Å². The zero-order valence-corrected chi connectivity index (χ0v) is 21.0. The Hall–Kier alpha value is -2.13. The molecule has 1 saturated carbocycles. The second-order valence-electron chi connectivity index (χ2n) is 11.2. The summed E-state index contributed by atoms with van der Waals surface area (Å²) in [6.07, 6.45) is -0.781. The molecule has 0 amide bonds. The van der Waals surface area contributed by atoms with Gasteiger partial charge in [0.15, 0.2) is 5.82 Å². The van der Waals surface area contributed by atoms with Gasteiger partial charge < -0.3 is 15.0 Å². The molecule has 1 aromatic heterocycles. The van der Waals surface area contributed by atoms with Crippen molar-refractivity contribution in [2.75, 3.05) is 31.6 Å². The van der Waals surface area contributed by atoms with E-state index in [1.165, 1.54) is 18.2 Å². The van der Waals surface area contributed by atoms with Crippen LogP contribution in [0.4, 0.5) is 23.4 Å². The number of fused-ring (bicyclic) bond motifs is 1. The highest BCUT2D eigenvalue weighted by Gasteiger charge is 2.47. The number of halogens is 4. The van der Waals surface area contributed by atoms with Gasteiger partial charge in [-0.2, -0.15) is 13.2 Å². The van der Waals surface area contributed by atoms with E-state index in [0.717, 1.165) is 58.1 Å². The molecule has 2 saturated heterocycles. The first-order valence-corrected chi connectivity index (χ1v) is 12.8. The molecule has 5 nitrogen and oxygen atoms in total. The number of hydrogen-bond acceptors (Lipinski definition) is 5. The standard InChI is InChI=1S/C25H32B2F4N4O/c1-14-8-18(28)2-3-20(14)22-11-21(25(29,30)31)23(34-33-22)32-19-9-15-12-35(13-16(15)10-19)24(26,27)17-4-6-36-7-5-17/h2-3,8,11,15-17,19H,4-7,9-10,12-13,26-27H2,1H3,(H,32,34)/t15-,16+,19+. The van der Waals surface area contributed by atoms with E-state index >= 15 is 0 Å². The molecule has 192 valence electrons. The summed E-state index contributed by atoms with van der Waals surface area (Å²) < 4.78 is 61.0. The van der Waals surface area contributed by atoms with E-state index in [2.05, 4.69) is 36.1 Å². The molecular formula is C25H32B2F4N4O. The van der Waals surface area contributed by atoms with Crippen molar-refractivity contribution in [3.05, 3.63) is 41.2 Å². The Morgan fingerprint density at radius 1 is 1.03 bits per heavy atom. The van der Waals surface area contributed by atoms with Crippen molar-refractivity contribution < 1.29 is 22.3 Å². The van der Waals surface area contributed by atoms with Crippen LogP contribution < -0.4 is 5.32 Å². The van der Waals surface area contributed by atoms with Gasteiger partial charge >= 0.3 is 6.18 Å². The summed E-state index contributed by atoms with van der Waals surface area (Å²) in [5.41, 5.74) is 0.189. The summed E-state index contributed by atoms with van der Waals surface area (Å²) in [5.74, 6) is 0.859. The van der Waals surface area contributed by atoms with Crippen molar-refractivity contribution in [3.8, 4) is 11.3 Å². The van der Waals surface area contributed by atoms with Gasteiger partial charge in [-0.05, 0) is 85.5 Å². The quantitative estimate of drug-likeness (QED) is 0.504. The molecule has 0 bridgehead atoms. The summed E-state index contributed by atoms with van der Waals surface area (Å²) in [4.78, 5) is 2.59. The van der Waals surface area contributed by atoms with Gasteiger partial charge in [0.2, 0.25) is 0 Å². The molecule has 2 aliphatic heterocycles. The third-order valence-electron chi connectivity index (χ3n) is 8.69. The number of benzene rings is 1. The van der Waals surface area contributed by atoms with Crippen LogP contribution in [-0.4, -0.2) is 68.5 Å². The van der Waals surface area contributed by atoms with Crippen LogP contribution >= 0.6 is 0 Å². The molecule has 3 fully saturated rings. The van der Waals surface area contributed by atoms with E-state index in [1.54, 1.807) is 6.92 Å². The molecule has 5 rings (SSSR count). The van der Waals surface area contributed by atoms with Crippen molar-refractivity contribution in [2.24, 2.45) is 17.8 Å². The summed E-state index contributed by atoms with van der Waals surface area (Å²) in [6, 6.07) is 4.88. The van der Waals surface area contributed by atoms with E-state index in [9.17, 15) is 17.6 Å². The van der Waals surface area contributed by atoms with Gasteiger partial charge in [0.25, 0.3) is 0 Å². The number of anilines is 1. The summed E-state index contributed by atoms with van der Waals surface area (Å²) in [7, 11) is 4.66. The number of nitrogens with zero attached hydrogens (tertiary/aromatic N) is 3. The van der Waals surface area contributed by atoms with Crippen LogP contribution in [0.3, 0.4) is 0 Å². The second-order valence-corrected chi connectivity index (χ2v) is 11.2. The lowest BCUT2D eigenvalue weighted by Crippen LogP contribution is -2.56. The van der Waals surface area contributed by atoms with Gasteiger partial charge in [-0.15, -0.1) is 10.2 Å². The largest absolute Gasteiger partial charge is 0.420 e. The minimum atomic E-state index is -4.58. The van der Waals surface area contributed by atoms with E-state index < -0.39 is 17.6 Å². The predicted molar refractivity (Wildman–Crippen MR) is 136 cm³/mol. The third-order valence-corrected chi connectivity index (χ3v) is 8.69. The molecule has 11 heteroatoms. The van der Waals surface area contributed by atoms with Crippen molar-refractivity contribution in [1.82, 2.24) is 15.1 Å². The van der Waals surface area contributed by atoms with Gasteiger partial charge in [0, 0.05) is 37.9 Å². The fourth-order valence-electron chi connectivity index (χ4n) is 6.50. The van der Waals surface area contributed by atoms with Crippen LogP contribution in [0.5, 0.6) is 0 Å². The molecule has 0 unspecified atom stereocenters. The average molecular weight is 502 g/mol. The molecular weight excluding hydrogens is 470 g/mol. The Kier molecular flexibility index (Phi) is 6.83. The number of rotatable bonds is 5. The zero-order chi connectivity index (χ0) is 25.7. The number of nitrogens with one attached hydrogen (secondary N) is 1. The number of aromatic nitrogens is 2. The maximum absolute atomic E-state index is 14.0. The molecule has 1 aromatic carbocycles. The highest BCUT2D eigenvalue weighted by molar-refractivity contribution is 6.40. The lowest BCUT2D eigenvalue weighted by atomic mass is 9.52. The first-order valence-electron chi connectivity index (χ1n) is 12.8. The summed E-state index contributed by atoms with van der Waals surface area (Å²) >= 11 is 0. The van der Waals surface area contributed by atoms with E-state index in [4.69, 9.17) is 4.74 Å². The Balaban J connectivity index is 1.28. The molecule has 0 radical (unpaired) electrons. The number of ether oxygens (including phenoxy) is 1. The van der Waals surface area contributed by atoms with E-state index in [-0.39, 0.29) is 22.9 Å². The summed E-state index contributed by atoms with van der Waals surface area (Å²) in [6.45, 7) is 5.25. The molecule has 3 heterocycles. The highest BCUT2D eigenvalue weighted by Crippen LogP contribution is 2.44. The molecule has 1 N–H and O–H groups in total. The lowest BCUT2D eigenvalue weighted by Gasteiger charge is -2.45. The number of hydrogen-bond donors (Lipinski definition) is 1. The fraction of sp³-hybridized carbons (Fsp3) is 0.600. The van der Waals surface area contributed by atoms with Gasteiger partial charge in [0.1, 0.15) is 27.1 Å². The van der Waals surface area contributed by atoms with Gasteiger partial charge in [-0.1, -0.05) is 0 Å². The fourth-order valence-corrected chi connectivity index (χ4v) is 6.50. The molecule has 3 atom stereocenters. The molecule has 2 aromatic rings. The van der Waals surface area contributed by atoms with Crippen LogP contribution in [0, 0.1) is 30.5 Å².